The molecule has 1 atom stereocenters. The third-order valence-electron chi connectivity index (χ3n) is 6.83. The van der Waals surface area contributed by atoms with E-state index in [2.05, 4.69) is 15.8 Å². The third-order valence-corrected chi connectivity index (χ3v) is 6.83. The molecular formula is C27H19N5O2. The standard InChI is InChI=1S/C27H19N5O2/c1-29-21-9-13-24(14-10-21)32-25(33)31(23-11-7-19(18-28)8-12-23)26(15-4-16-26)27(32,34)20-5-3-6-22(17-20)30-2/h3,5-14,17,34H,4,15-16H2. The minimum absolute atomic E-state index is 0.368. The summed E-state index contributed by atoms with van der Waals surface area (Å²) in [7, 11) is 0. The van der Waals surface area contributed by atoms with Crippen molar-refractivity contribution in [2.75, 3.05) is 9.80 Å². The predicted octanol–water partition coefficient (Wildman–Crippen LogP) is 5.87. The van der Waals surface area contributed by atoms with Crippen LogP contribution in [0.2, 0.25) is 0 Å². The van der Waals surface area contributed by atoms with Crippen LogP contribution in [0.1, 0.15) is 30.4 Å². The van der Waals surface area contributed by atoms with Gasteiger partial charge in [0.05, 0.1) is 24.8 Å². The zero-order valence-electron chi connectivity index (χ0n) is 18.1. The molecule has 5 rings (SSSR count). The number of urea groups is 1. The van der Waals surface area contributed by atoms with Crippen LogP contribution in [0.25, 0.3) is 9.69 Å². The van der Waals surface area contributed by atoms with Crippen LogP contribution in [0.5, 0.6) is 0 Å². The zero-order valence-corrected chi connectivity index (χ0v) is 18.1. The Balaban J connectivity index is 1.75. The van der Waals surface area contributed by atoms with Gasteiger partial charge in [0.2, 0.25) is 0 Å². The number of amides is 2. The highest BCUT2D eigenvalue weighted by Crippen LogP contribution is 2.59. The molecule has 164 valence electrons. The number of aliphatic hydroxyl groups is 1. The Kier molecular flexibility index (Phi) is 4.83. The fourth-order valence-electron chi connectivity index (χ4n) is 5.08. The monoisotopic (exact) mass is 445 g/mol. The van der Waals surface area contributed by atoms with E-state index in [0.29, 0.717) is 46.7 Å². The molecule has 1 unspecified atom stereocenters. The van der Waals surface area contributed by atoms with Crippen molar-refractivity contribution in [3.8, 4) is 6.07 Å². The van der Waals surface area contributed by atoms with Crippen LogP contribution < -0.4 is 9.80 Å². The molecular weight excluding hydrogens is 426 g/mol. The SMILES string of the molecule is [C-]#[N+]c1ccc(N2C(=O)N(c3ccc(C#N)cc3)C3(CCC3)C2(O)c2cccc([N+]#[C-])c2)cc1. The number of rotatable bonds is 3. The Morgan fingerprint density at radius 1 is 0.882 bits per heavy atom. The number of nitriles is 1. The third kappa shape index (κ3) is 2.80. The fourth-order valence-corrected chi connectivity index (χ4v) is 5.08. The largest absolute Gasteiger partial charge is 0.365 e. The maximum Gasteiger partial charge on any atom is 0.332 e. The van der Waals surface area contributed by atoms with Crippen molar-refractivity contribution < 1.29 is 9.90 Å². The van der Waals surface area contributed by atoms with Crippen molar-refractivity contribution in [2.24, 2.45) is 0 Å². The molecule has 1 spiro atoms. The number of carbonyl (C=O) groups excluding carboxylic acids is 1. The lowest BCUT2D eigenvalue weighted by Crippen LogP contribution is -2.63. The summed E-state index contributed by atoms with van der Waals surface area (Å²) in [4.78, 5) is 24.0. The van der Waals surface area contributed by atoms with Gasteiger partial charge in [-0.3, -0.25) is 9.80 Å². The van der Waals surface area contributed by atoms with Crippen LogP contribution in [0.3, 0.4) is 0 Å². The number of benzene rings is 3. The molecule has 1 aliphatic carbocycles. The van der Waals surface area contributed by atoms with Gasteiger partial charge in [0.25, 0.3) is 0 Å². The topological polar surface area (TPSA) is 76.3 Å². The van der Waals surface area contributed by atoms with E-state index in [1.165, 1.54) is 4.90 Å². The first-order valence-corrected chi connectivity index (χ1v) is 10.8. The van der Waals surface area contributed by atoms with E-state index in [1.54, 1.807) is 77.7 Å². The van der Waals surface area contributed by atoms with Crippen molar-refractivity contribution >= 4 is 28.8 Å². The number of hydrogen-bond donors (Lipinski definition) is 1. The average Bonchev–Trinajstić information content (AvgIpc) is 3.08. The summed E-state index contributed by atoms with van der Waals surface area (Å²) in [6, 6.07) is 21.7. The van der Waals surface area contributed by atoms with Crippen LogP contribution >= 0.6 is 0 Å². The first-order chi connectivity index (χ1) is 16.5. The van der Waals surface area contributed by atoms with Crippen LogP contribution in [0, 0.1) is 24.5 Å². The second-order valence-corrected chi connectivity index (χ2v) is 8.46. The summed E-state index contributed by atoms with van der Waals surface area (Å²) in [5.74, 6) is 0. The smallest absolute Gasteiger partial charge is 0.332 e. The van der Waals surface area contributed by atoms with E-state index in [9.17, 15) is 15.2 Å². The highest BCUT2D eigenvalue weighted by Gasteiger charge is 2.70. The first-order valence-electron chi connectivity index (χ1n) is 10.8. The highest BCUT2D eigenvalue weighted by atomic mass is 16.3. The molecule has 0 bridgehead atoms. The lowest BCUT2D eigenvalue weighted by molar-refractivity contribution is -0.0524. The van der Waals surface area contributed by atoms with Gasteiger partial charge in [-0.15, -0.1) is 0 Å². The molecule has 1 saturated carbocycles. The molecule has 3 aromatic rings. The summed E-state index contributed by atoms with van der Waals surface area (Å²) in [6.45, 7) is 14.7. The molecule has 1 heterocycles. The van der Waals surface area contributed by atoms with Gasteiger partial charge < -0.3 is 5.11 Å². The Hall–Kier alpha value is -4.64. The Bertz CT molecular complexity index is 1410. The van der Waals surface area contributed by atoms with Crippen molar-refractivity contribution in [1.29, 1.82) is 5.26 Å². The number of anilines is 2. The van der Waals surface area contributed by atoms with Gasteiger partial charge in [-0.2, -0.15) is 5.26 Å². The van der Waals surface area contributed by atoms with Gasteiger partial charge in [0.1, 0.15) is 5.54 Å². The maximum atomic E-state index is 14.1. The maximum absolute atomic E-state index is 14.1. The van der Waals surface area contributed by atoms with Crippen molar-refractivity contribution in [3.63, 3.8) is 0 Å². The van der Waals surface area contributed by atoms with E-state index >= 15 is 0 Å². The Labute approximate surface area is 197 Å². The Morgan fingerprint density at radius 2 is 1.50 bits per heavy atom. The van der Waals surface area contributed by atoms with Gasteiger partial charge >= 0.3 is 6.03 Å². The quantitative estimate of drug-likeness (QED) is 0.512. The molecule has 2 aliphatic rings. The van der Waals surface area contributed by atoms with Crippen LogP contribution in [0.15, 0.2) is 72.8 Å². The average molecular weight is 445 g/mol. The molecule has 7 nitrogen and oxygen atoms in total. The van der Waals surface area contributed by atoms with Crippen LogP contribution in [0.4, 0.5) is 27.5 Å². The summed E-state index contributed by atoms with van der Waals surface area (Å²) in [6.07, 6.45) is 1.96. The van der Waals surface area contributed by atoms with E-state index in [0.717, 1.165) is 6.42 Å². The summed E-state index contributed by atoms with van der Waals surface area (Å²) in [5.41, 5.74) is 0.0566. The molecule has 7 heteroatoms. The van der Waals surface area contributed by atoms with Crippen LogP contribution in [-0.4, -0.2) is 16.7 Å². The molecule has 2 fully saturated rings. The van der Waals surface area contributed by atoms with Crippen molar-refractivity contribution in [2.45, 2.75) is 30.5 Å². The first kappa shape index (κ1) is 21.2. The van der Waals surface area contributed by atoms with E-state index < -0.39 is 17.3 Å². The summed E-state index contributed by atoms with van der Waals surface area (Å²) >= 11 is 0. The van der Waals surface area contributed by atoms with Crippen molar-refractivity contribution in [3.05, 3.63) is 107 Å². The molecule has 1 saturated heterocycles. The predicted molar refractivity (Wildman–Crippen MR) is 127 cm³/mol. The van der Waals surface area contributed by atoms with Gasteiger partial charge in [0.15, 0.2) is 17.1 Å². The second-order valence-electron chi connectivity index (χ2n) is 8.46. The normalized spacial score (nSPS) is 20.4. The highest BCUT2D eigenvalue weighted by molar-refractivity contribution is 6.10. The molecule has 3 aromatic carbocycles. The number of nitrogens with zero attached hydrogens (tertiary/aromatic N) is 5. The second kappa shape index (κ2) is 7.74. The molecule has 0 aromatic heterocycles. The molecule has 0 radical (unpaired) electrons. The van der Waals surface area contributed by atoms with Gasteiger partial charge in [-0.05, 0) is 67.3 Å². The van der Waals surface area contributed by atoms with Crippen LogP contribution in [-0.2, 0) is 5.72 Å². The lowest BCUT2D eigenvalue weighted by atomic mass is 9.66. The zero-order chi connectivity index (χ0) is 23.9. The Morgan fingerprint density at radius 3 is 2.06 bits per heavy atom. The van der Waals surface area contributed by atoms with E-state index in [-0.39, 0.29) is 0 Å². The summed E-state index contributed by atoms with van der Waals surface area (Å²) < 4.78 is 0. The minimum Gasteiger partial charge on any atom is -0.365 e. The molecule has 34 heavy (non-hydrogen) atoms. The van der Waals surface area contributed by atoms with E-state index in [1.807, 2.05) is 0 Å². The molecule has 2 amide bonds. The summed E-state index contributed by atoms with van der Waals surface area (Å²) in [5, 5.41) is 21.7. The van der Waals surface area contributed by atoms with Gasteiger partial charge in [-0.1, -0.05) is 30.3 Å². The fraction of sp³-hybridized carbons (Fsp3) is 0.185. The van der Waals surface area contributed by atoms with Crippen molar-refractivity contribution in [1.82, 2.24) is 0 Å². The lowest BCUT2D eigenvalue weighted by Gasteiger charge is -2.52. The van der Waals surface area contributed by atoms with Gasteiger partial charge in [0, 0.05) is 11.4 Å². The van der Waals surface area contributed by atoms with Gasteiger partial charge in [-0.25, -0.2) is 14.5 Å². The minimum atomic E-state index is -1.75. The number of carbonyl (C=O) groups is 1. The molecule has 1 aliphatic heterocycles. The van der Waals surface area contributed by atoms with E-state index in [4.69, 9.17) is 13.1 Å². The number of hydrogen-bond acceptors (Lipinski definition) is 3. The molecule has 1 N–H and O–H groups in total.